The molecular weight excluding hydrogens is 210 g/mol. The second kappa shape index (κ2) is 5.67. The number of aromatic nitrogens is 2. The maximum atomic E-state index is 4.49. The molecule has 0 radical (unpaired) electrons. The molecule has 1 unspecified atom stereocenters. The summed E-state index contributed by atoms with van der Waals surface area (Å²) in [7, 11) is 0. The summed E-state index contributed by atoms with van der Waals surface area (Å²) in [5.74, 6) is 0.880. The first kappa shape index (κ1) is 12.6. The second-order valence-corrected chi connectivity index (χ2v) is 5.62. The Morgan fingerprint density at radius 3 is 2.82 bits per heavy atom. The van der Waals surface area contributed by atoms with Gasteiger partial charge < -0.3 is 5.32 Å². The van der Waals surface area contributed by atoms with Gasteiger partial charge >= 0.3 is 0 Å². The van der Waals surface area contributed by atoms with E-state index in [1.54, 1.807) is 0 Å². The van der Waals surface area contributed by atoms with E-state index in [2.05, 4.69) is 42.1 Å². The van der Waals surface area contributed by atoms with Crippen LogP contribution in [0.4, 0.5) is 0 Å². The zero-order valence-electron chi connectivity index (χ0n) is 11.3. The van der Waals surface area contributed by atoms with Gasteiger partial charge in [-0.3, -0.25) is 4.68 Å². The molecule has 1 aromatic heterocycles. The number of nitrogens with one attached hydrogen (secondary N) is 1. The van der Waals surface area contributed by atoms with Gasteiger partial charge in [0.05, 0.1) is 12.2 Å². The quantitative estimate of drug-likeness (QED) is 0.737. The molecule has 0 aromatic carbocycles. The van der Waals surface area contributed by atoms with Crippen molar-refractivity contribution in [3.63, 3.8) is 0 Å². The Balaban J connectivity index is 1.74. The summed E-state index contributed by atoms with van der Waals surface area (Å²) >= 11 is 0. The van der Waals surface area contributed by atoms with Crippen molar-refractivity contribution in [1.82, 2.24) is 15.1 Å². The van der Waals surface area contributed by atoms with Crippen molar-refractivity contribution in [2.24, 2.45) is 5.92 Å². The third kappa shape index (κ3) is 3.84. The lowest BCUT2D eigenvalue weighted by Crippen LogP contribution is -2.23. The molecular formula is C14H25N3. The highest BCUT2D eigenvalue weighted by Crippen LogP contribution is 2.39. The second-order valence-electron chi connectivity index (χ2n) is 5.62. The Labute approximate surface area is 105 Å². The molecule has 0 amide bonds. The summed E-state index contributed by atoms with van der Waals surface area (Å²) in [5, 5.41) is 7.93. The third-order valence-electron chi connectivity index (χ3n) is 3.57. The van der Waals surface area contributed by atoms with Crippen molar-refractivity contribution >= 4 is 0 Å². The summed E-state index contributed by atoms with van der Waals surface area (Å²) in [4.78, 5) is 0. The highest BCUT2D eigenvalue weighted by Gasteiger charge is 2.29. The minimum Gasteiger partial charge on any atom is -0.315 e. The molecule has 1 heterocycles. The Bertz CT molecular complexity index is 339. The number of nitrogens with zero attached hydrogens (tertiary/aromatic N) is 2. The standard InChI is InChI=1S/C14H25N3/c1-11(2)15-8-4-5-13-9-16-17(10-13)12(3)14-6-7-14/h9-12,14-15H,4-8H2,1-3H3. The average molecular weight is 235 g/mol. The summed E-state index contributed by atoms with van der Waals surface area (Å²) in [6.07, 6.45) is 9.37. The van der Waals surface area contributed by atoms with Crippen LogP contribution >= 0.6 is 0 Å². The molecule has 0 aliphatic heterocycles. The zero-order valence-corrected chi connectivity index (χ0v) is 11.3. The maximum absolute atomic E-state index is 4.49. The monoisotopic (exact) mass is 235 g/mol. The number of rotatable bonds is 7. The van der Waals surface area contributed by atoms with Crippen LogP contribution in [0.15, 0.2) is 12.4 Å². The topological polar surface area (TPSA) is 29.9 Å². The van der Waals surface area contributed by atoms with Crippen LogP contribution in [0.1, 0.15) is 51.6 Å². The van der Waals surface area contributed by atoms with Crippen LogP contribution in [0.5, 0.6) is 0 Å². The maximum Gasteiger partial charge on any atom is 0.0521 e. The van der Waals surface area contributed by atoms with E-state index in [1.165, 1.54) is 24.8 Å². The number of hydrogen-bond acceptors (Lipinski definition) is 2. The van der Waals surface area contributed by atoms with Crippen LogP contribution in [0.3, 0.4) is 0 Å². The summed E-state index contributed by atoms with van der Waals surface area (Å²) < 4.78 is 2.16. The largest absolute Gasteiger partial charge is 0.315 e. The molecule has 0 saturated heterocycles. The van der Waals surface area contributed by atoms with Crippen LogP contribution in [-0.2, 0) is 6.42 Å². The van der Waals surface area contributed by atoms with Crippen molar-refractivity contribution in [3.05, 3.63) is 18.0 Å². The minimum atomic E-state index is 0.590. The molecule has 96 valence electrons. The van der Waals surface area contributed by atoms with Crippen LogP contribution < -0.4 is 5.32 Å². The van der Waals surface area contributed by atoms with Gasteiger partial charge in [-0.1, -0.05) is 13.8 Å². The molecule has 1 N–H and O–H groups in total. The fraction of sp³-hybridized carbons (Fsp3) is 0.786. The van der Waals surface area contributed by atoms with Gasteiger partial charge in [0, 0.05) is 12.2 Å². The lowest BCUT2D eigenvalue weighted by atomic mass is 10.2. The molecule has 3 heteroatoms. The van der Waals surface area contributed by atoms with Gasteiger partial charge in [-0.15, -0.1) is 0 Å². The third-order valence-corrected chi connectivity index (χ3v) is 3.57. The molecule has 1 atom stereocenters. The molecule has 1 aliphatic carbocycles. The van der Waals surface area contributed by atoms with Crippen molar-refractivity contribution in [2.75, 3.05) is 6.54 Å². The molecule has 1 aliphatic rings. The molecule has 1 saturated carbocycles. The number of hydrogen-bond donors (Lipinski definition) is 1. The fourth-order valence-corrected chi connectivity index (χ4v) is 2.21. The van der Waals surface area contributed by atoms with Crippen molar-refractivity contribution in [2.45, 2.75) is 58.5 Å². The fourth-order valence-electron chi connectivity index (χ4n) is 2.21. The van der Waals surface area contributed by atoms with Gasteiger partial charge in [-0.05, 0) is 50.6 Å². The summed E-state index contributed by atoms with van der Waals surface area (Å²) in [6, 6.07) is 1.19. The first-order valence-electron chi connectivity index (χ1n) is 6.93. The Kier molecular flexibility index (Phi) is 4.21. The van der Waals surface area contributed by atoms with Crippen LogP contribution in [0.25, 0.3) is 0 Å². The van der Waals surface area contributed by atoms with Crippen molar-refractivity contribution in [3.8, 4) is 0 Å². The first-order valence-corrected chi connectivity index (χ1v) is 6.93. The van der Waals surface area contributed by atoms with E-state index in [-0.39, 0.29) is 0 Å². The van der Waals surface area contributed by atoms with E-state index in [9.17, 15) is 0 Å². The van der Waals surface area contributed by atoms with E-state index in [1.807, 2.05) is 6.20 Å². The highest BCUT2D eigenvalue weighted by molar-refractivity contribution is 5.05. The van der Waals surface area contributed by atoms with E-state index in [4.69, 9.17) is 0 Å². The first-order chi connectivity index (χ1) is 8.16. The van der Waals surface area contributed by atoms with E-state index in [0.717, 1.165) is 18.9 Å². The normalized spacial score (nSPS) is 17.6. The van der Waals surface area contributed by atoms with Crippen LogP contribution in [-0.4, -0.2) is 22.4 Å². The zero-order chi connectivity index (χ0) is 12.3. The van der Waals surface area contributed by atoms with Gasteiger partial charge in [0.2, 0.25) is 0 Å². The molecule has 0 spiro atoms. The average Bonchev–Trinajstić information content (AvgIpc) is 3.03. The number of aryl methyl sites for hydroxylation is 1. The van der Waals surface area contributed by atoms with E-state index >= 15 is 0 Å². The Hall–Kier alpha value is -0.830. The van der Waals surface area contributed by atoms with E-state index in [0.29, 0.717) is 12.1 Å². The van der Waals surface area contributed by atoms with Crippen LogP contribution in [0, 0.1) is 5.92 Å². The van der Waals surface area contributed by atoms with Crippen molar-refractivity contribution < 1.29 is 0 Å². The van der Waals surface area contributed by atoms with Gasteiger partial charge in [0.25, 0.3) is 0 Å². The predicted molar refractivity (Wildman–Crippen MR) is 71.1 cm³/mol. The highest BCUT2D eigenvalue weighted by atomic mass is 15.3. The molecule has 0 bridgehead atoms. The van der Waals surface area contributed by atoms with Gasteiger partial charge in [-0.25, -0.2) is 0 Å². The predicted octanol–water partition coefficient (Wildman–Crippen LogP) is 2.78. The lowest BCUT2D eigenvalue weighted by molar-refractivity contribution is 0.439. The van der Waals surface area contributed by atoms with Gasteiger partial charge in [-0.2, -0.15) is 5.10 Å². The molecule has 3 nitrogen and oxygen atoms in total. The Morgan fingerprint density at radius 2 is 2.18 bits per heavy atom. The van der Waals surface area contributed by atoms with Gasteiger partial charge in [0.15, 0.2) is 0 Å². The molecule has 1 aromatic rings. The molecule has 2 rings (SSSR count). The molecule has 17 heavy (non-hydrogen) atoms. The smallest absolute Gasteiger partial charge is 0.0521 e. The minimum absolute atomic E-state index is 0.590. The van der Waals surface area contributed by atoms with E-state index < -0.39 is 0 Å². The van der Waals surface area contributed by atoms with Crippen LogP contribution in [0.2, 0.25) is 0 Å². The van der Waals surface area contributed by atoms with Crippen molar-refractivity contribution in [1.29, 1.82) is 0 Å². The molecule has 1 fully saturated rings. The summed E-state index contributed by atoms with van der Waals surface area (Å²) in [5.41, 5.74) is 1.38. The summed E-state index contributed by atoms with van der Waals surface area (Å²) in [6.45, 7) is 7.76. The lowest BCUT2D eigenvalue weighted by Gasteiger charge is -2.09. The Morgan fingerprint density at radius 1 is 1.41 bits per heavy atom. The van der Waals surface area contributed by atoms with Gasteiger partial charge in [0.1, 0.15) is 0 Å². The SMILES string of the molecule is CC(C)NCCCc1cnn(C(C)C2CC2)c1.